The average molecular weight is 307 g/mol. The summed E-state index contributed by atoms with van der Waals surface area (Å²) in [5.41, 5.74) is 6.19. The highest BCUT2D eigenvalue weighted by Crippen LogP contribution is 2.28. The van der Waals surface area contributed by atoms with Crippen LogP contribution in [0.2, 0.25) is 5.02 Å². The van der Waals surface area contributed by atoms with Crippen molar-refractivity contribution in [3.63, 3.8) is 0 Å². The number of nitrogens with two attached hydrogens (primary N) is 1. The molecule has 108 valence electrons. The fraction of sp³-hybridized carbons (Fsp3) is 0.462. The lowest BCUT2D eigenvalue weighted by Crippen LogP contribution is -2.45. The first-order valence-electron chi connectivity index (χ1n) is 5.65. The Morgan fingerprint density at radius 1 is 1.42 bits per heavy atom. The lowest BCUT2D eigenvalue weighted by molar-refractivity contribution is -0.119. The smallest absolute Gasteiger partial charge is 0.241 e. The van der Waals surface area contributed by atoms with Gasteiger partial charge >= 0.3 is 0 Å². The van der Waals surface area contributed by atoms with Crippen LogP contribution in [0, 0.1) is 5.41 Å². The van der Waals surface area contributed by atoms with Crippen LogP contribution in [0.3, 0.4) is 0 Å². The molecule has 1 atom stereocenters. The summed E-state index contributed by atoms with van der Waals surface area (Å²) in [4.78, 5) is 11.9. The molecule has 0 aliphatic rings. The van der Waals surface area contributed by atoms with Crippen molar-refractivity contribution >= 4 is 35.6 Å². The van der Waals surface area contributed by atoms with Gasteiger partial charge in [0.25, 0.3) is 0 Å². The summed E-state index contributed by atoms with van der Waals surface area (Å²) in [5.74, 6) is 0.283. The summed E-state index contributed by atoms with van der Waals surface area (Å²) in [7, 11) is 1.52. The Morgan fingerprint density at radius 3 is 2.47 bits per heavy atom. The Bertz CT molecular complexity index is 445. The SMILES string of the molecule is COc1cc(NC(=O)[C@@H](N)C(C)(C)C)ccc1Cl.Cl. The molecule has 0 spiro atoms. The lowest BCUT2D eigenvalue weighted by atomic mass is 9.87. The number of methoxy groups -OCH3 is 1. The molecule has 6 heteroatoms. The van der Waals surface area contributed by atoms with Gasteiger partial charge in [-0.2, -0.15) is 0 Å². The van der Waals surface area contributed by atoms with E-state index in [4.69, 9.17) is 22.1 Å². The van der Waals surface area contributed by atoms with Crippen LogP contribution in [0.1, 0.15) is 20.8 Å². The maximum Gasteiger partial charge on any atom is 0.241 e. The number of hydrogen-bond acceptors (Lipinski definition) is 3. The number of halogens is 2. The fourth-order valence-corrected chi connectivity index (χ4v) is 1.55. The van der Waals surface area contributed by atoms with E-state index in [0.29, 0.717) is 16.5 Å². The molecule has 1 aromatic carbocycles. The minimum Gasteiger partial charge on any atom is -0.495 e. The molecule has 4 nitrogen and oxygen atoms in total. The molecule has 1 aromatic rings. The summed E-state index contributed by atoms with van der Waals surface area (Å²) in [5, 5.41) is 3.24. The van der Waals surface area contributed by atoms with Gasteiger partial charge in [0.2, 0.25) is 5.91 Å². The average Bonchev–Trinajstić information content (AvgIpc) is 2.29. The zero-order valence-electron chi connectivity index (χ0n) is 11.5. The van der Waals surface area contributed by atoms with Gasteiger partial charge in [-0.3, -0.25) is 4.79 Å². The molecule has 0 saturated carbocycles. The summed E-state index contributed by atoms with van der Waals surface area (Å²) in [6.45, 7) is 5.75. The number of ether oxygens (including phenoxy) is 1. The second-order valence-corrected chi connectivity index (χ2v) is 5.59. The fourth-order valence-electron chi connectivity index (χ4n) is 1.35. The number of carbonyl (C=O) groups excluding carboxylic acids is 1. The van der Waals surface area contributed by atoms with E-state index < -0.39 is 6.04 Å². The summed E-state index contributed by atoms with van der Waals surface area (Å²) in [6.07, 6.45) is 0. The van der Waals surface area contributed by atoms with Gasteiger partial charge in [-0.25, -0.2) is 0 Å². The first-order chi connectivity index (χ1) is 8.25. The van der Waals surface area contributed by atoms with E-state index in [1.807, 2.05) is 20.8 Å². The quantitative estimate of drug-likeness (QED) is 0.902. The highest BCUT2D eigenvalue weighted by atomic mass is 35.5. The van der Waals surface area contributed by atoms with E-state index >= 15 is 0 Å². The van der Waals surface area contributed by atoms with Crippen LogP contribution in [0.15, 0.2) is 18.2 Å². The van der Waals surface area contributed by atoms with Crippen LogP contribution in [-0.2, 0) is 4.79 Å². The Kier molecular flexibility index (Phi) is 6.63. The third-order valence-electron chi connectivity index (χ3n) is 2.63. The Morgan fingerprint density at radius 2 is 2.00 bits per heavy atom. The largest absolute Gasteiger partial charge is 0.495 e. The number of rotatable bonds is 3. The van der Waals surface area contributed by atoms with E-state index in [1.165, 1.54) is 7.11 Å². The number of benzene rings is 1. The standard InChI is InChI=1S/C13H19ClN2O2.ClH/c1-13(2,3)11(15)12(17)16-8-5-6-9(14)10(7-8)18-4;/h5-7,11H,15H2,1-4H3,(H,16,17);1H/t11-;/m1./s1. The normalized spacial score (nSPS) is 12.3. The van der Waals surface area contributed by atoms with Crippen molar-refractivity contribution in [2.75, 3.05) is 12.4 Å². The highest BCUT2D eigenvalue weighted by molar-refractivity contribution is 6.32. The maximum absolute atomic E-state index is 11.9. The molecule has 0 saturated heterocycles. The Balaban J connectivity index is 0.00000324. The lowest BCUT2D eigenvalue weighted by Gasteiger charge is -2.25. The molecule has 0 aromatic heterocycles. The topological polar surface area (TPSA) is 64.3 Å². The van der Waals surface area contributed by atoms with E-state index in [-0.39, 0.29) is 23.7 Å². The zero-order valence-corrected chi connectivity index (χ0v) is 13.1. The van der Waals surface area contributed by atoms with Gasteiger partial charge in [-0.05, 0) is 17.5 Å². The maximum atomic E-state index is 11.9. The van der Waals surface area contributed by atoms with Gasteiger partial charge < -0.3 is 15.8 Å². The molecule has 0 heterocycles. The Labute approximate surface area is 125 Å². The molecular weight excluding hydrogens is 287 g/mol. The summed E-state index contributed by atoms with van der Waals surface area (Å²) >= 11 is 5.91. The molecule has 0 bridgehead atoms. The van der Waals surface area contributed by atoms with Crippen molar-refractivity contribution in [1.82, 2.24) is 0 Å². The van der Waals surface area contributed by atoms with Crippen molar-refractivity contribution < 1.29 is 9.53 Å². The monoisotopic (exact) mass is 306 g/mol. The second kappa shape index (κ2) is 6.98. The van der Waals surface area contributed by atoms with Gasteiger partial charge in [-0.1, -0.05) is 32.4 Å². The number of nitrogens with one attached hydrogen (secondary N) is 1. The summed E-state index contributed by atoms with van der Waals surface area (Å²) < 4.78 is 5.08. The number of hydrogen-bond donors (Lipinski definition) is 2. The van der Waals surface area contributed by atoms with Crippen LogP contribution >= 0.6 is 24.0 Å². The number of carbonyl (C=O) groups is 1. The zero-order chi connectivity index (χ0) is 13.9. The van der Waals surface area contributed by atoms with Crippen LogP contribution < -0.4 is 15.8 Å². The van der Waals surface area contributed by atoms with E-state index in [9.17, 15) is 4.79 Å². The van der Waals surface area contributed by atoms with Crippen LogP contribution in [0.4, 0.5) is 5.69 Å². The molecule has 19 heavy (non-hydrogen) atoms. The van der Waals surface area contributed by atoms with Gasteiger partial charge in [0, 0.05) is 11.8 Å². The molecule has 1 amide bonds. The van der Waals surface area contributed by atoms with E-state index in [0.717, 1.165) is 0 Å². The van der Waals surface area contributed by atoms with Gasteiger partial charge in [0.15, 0.2) is 0 Å². The second-order valence-electron chi connectivity index (χ2n) is 5.18. The van der Waals surface area contributed by atoms with Crippen molar-refractivity contribution in [1.29, 1.82) is 0 Å². The third-order valence-corrected chi connectivity index (χ3v) is 2.95. The van der Waals surface area contributed by atoms with Crippen molar-refractivity contribution in [3.05, 3.63) is 23.2 Å². The molecule has 0 fully saturated rings. The minimum atomic E-state index is -0.584. The van der Waals surface area contributed by atoms with Gasteiger partial charge in [0.1, 0.15) is 5.75 Å². The first kappa shape index (κ1) is 18.0. The number of anilines is 1. The van der Waals surface area contributed by atoms with E-state index in [1.54, 1.807) is 18.2 Å². The van der Waals surface area contributed by atoms with Crippen LogP contribution in [-0.4, -0.2) is 19.1 Å². The highest BCUT2D eigenvalue weighted by Gasteiger charge is 2.27. The summed E-state index contributed by atoms with van der Waals surface area (Å²) in [6, 6.07) is 4.45. The van der Waals surface area contributed by atoms with Gasteiger partial charge in [-0.15, -0.1) is 12.4 Å². The predicted molar refractivity (Wildman–Crippen MR) is 81.3 cm³/mol. The number of amides is 1. The third kappa shape index (κ3) is 4.90. The van der Waals surface area contributed by atoms with Crippen LogP contribution in [0.25, 0.3) is 0 Å². The minimum absolute atomic E-state index is 0. The molecule has 3 N–H and O–H groups in total. The predicted octanol–water partition coefficient (Wildman–Crippen LogP) is 3.08. The molecular formula is C13H20Cl2N2O2. The first-order valence-corrected chi connectivity index (χ1v) is 6.03. The van der Waals surface area contributed by atoms with Crippen molar-refractivity contribution in [3.8, 4) is 5.75 Å². The van der Waals surface area contributed by atoms with Crippen LogP contribution in [0.5, 0.6) is 5.75 Å². The molecule has 0 unspecified atom stereocenters. The molecule has 0 aliphatic carbocycles. The molecule has 0 radical (unpaired) electrons. The Hall–Kier alpha value is -0.970. The van der Waals surface area contributed by atoms with Crippen molar-refractivity contribution in [2.45, 2.75) is 26.8 Å². The molecule has 1 rings (SSSR count). The van der Waals surface area contributed by atoms with Crippen molar-refractivity contribution in [2.24, 2.45) is 11.1 Å². The molecule has 0 aliphatic heterocycles. The van der Waals surface area contributed by atoms with Gasteiger partial charge in [0.05, 0.1) is 18.2 Å². The van der Waals surface area contributed by atoms with E-state index in [2.05, 4.69) is 5.32 Å².